The Labute approximate surface area is 176 Å². The van der Waals surface area contributed by atoms with E-state index >= 15 is 0 Å². The van der Waals surface area contributed by atoms with E-state index in [1.165, 1.54) is 0 Å². The molecule has 0 aromatic heterocycles. The lowest BCUT2D eigenvalue weighted by Crippen LogP contribution is -2.08. The molecule has 0 aliphatic carbocycles. The standard InChI is InChI=1S/C21H44O8/c22-8-1-10-24-12-3-14-26-16-5-18-28-20-7-21-29-19-6-17-27-15-4-13-25-11-2-9-23/h22-23H,1-21H2. The second kappa shape index (κ2) is 27.7. The van der Waals surface area contributed by atoms with Crippen molar-refractivity contribution in [3.05, 3.63) is 0 Å². The fourth-order valence-electron chi connectivity index (χ4n) is 2.26. The van der Waals surface area contributed by atoms with Gasteiger partial charge in [0, 0.05) is 92.5 Å². The summed E-state index contributed by atoms with van der Waals surface area (Å²) in [5.74, 6) is 0. The van der Waals surface area contributed by atoms with Crippen molar-refractivity contribution in [2.45, 2.75) is 44.9 Å². The summed E-state index contributed by atoms with van der Waals surface area (Å²) in [5.41, 5.74) is 0. The number of ether oxygens (including phenoxy) is 6. The molecule has 29 heavy (non-hydrogen) atoms. The van der Waals surface area contributed by atoms with E-state index in [0.717, 1.165) is 32.1 Å². The van der Waals surface area contributed by atoms with Crippen molar-refractivity contribution in [3.8, 4) is 0 Å². The molecule has 0 aliphatic rings. The van der Waals surface area contributed by atoms with Crippen LogP contribution < -0.4 is 0 Å². The van der Waals surface area contributed by atoms with Crippen LogP contribution in [0.3, 0.4) is 0 Å². The highest BCUT2D eigenvalue weighted by Crippen LogP contribution is 1.93. The van der Waals surface area contributed by atoms with Gasteiger partial charge in [0.2, 0.25) is 0 Å². The molecule has 2 N–H and O–H groups in total. The van der Waals surface area contributed by atoms with Crippen LogP contribution in [0.25, 0.3) is 0 Å². The Morgan fingerprint density at radius 1 is 0.276 bits per heavy atom. The second-order valence-electron chi connectivity index (χ2n) is 6.60. The van der Waals surface area contributed by atoms with E-state index in [2.05, 4.69) is 0 Å². The predicted octanol–water partition coefficient (Wildman–Crippen LogP) is 1.80. The third-order valence-corrected chi connectivity index (χ3v) is 3.78. The molecule has 0 spiro atoms. The minimum absolute atomic E-state index is 0.183. The first-order valence-corrected chi connectivity index (χ1v) is 11.1. The van der Waals surface area contributed by atoms with Crippen molar-refractivity contribution >= 4 is 0 Å². The fourth-order valence-corrected chi connectivity index (χ4v) is 2.26. The maximum absolute atomic E-state index is 8.61. The predicted molar refractivity (Wildman–Crippen MR) is 111 cm³/mol. The van der Waals surface area contributed by atoms with Crippen LogP contribution in [0.15, 0.2) is 0 Å². The zero-order valence-corrected chi connectivity index (χ0v) is 18.2. The molecule has 0 saturated heterocycles. The van der Waals surface area contributed by atoms with Crippen LogP contribution in [0.1, 0.15) is 44.9 Å². The van der Waals surface area contributed by atoms with Crippen LogP contribution in [0.2, 0.25) is 0 Å². The van der Waals surface area contributed by atoms with Gasteiger partial charge in [-0.15, -0.1) is 0 Å². The van der Waals surface area contributed by atoms with Crippen LogP contribution in [0, 0.1) is 0 Å². The van der Waals surface area contributed by atoms with Crippen molar-refractivity contribution < 1.29 is 38.6 Å². The monoisotopic (exact) mass is 424 g/mol. The van der Waals surface area contributed by atoms with Crippen LogP contribution in [-0.2, 0) is 28.4 Å². The minimum Gasteiger partial charge on any atom is -0.396 e. The van der Waals surface area contributed by atoms with Crippen molar-refractivity contribution in [1.29, 1.82) is 0 Å². The van der Waals surface area contributed by atoms with Crippen LogP contribution in [0.4, 0.5) is 0 Å². The Morgan fingerprint density at radius 3 is 0.621 bits per heavy atom. The summed E-state index contributed by atoms with van der Waals surface area (Å²) in [6.45, 7) is 8.65. The quantitative estimate of drug-likeness (QED) is 0.203. The van der Waals surface area contributed by atoms with Crippen molar-refractivity contribution in [1.82, 2.24) is 0 Å². The number of rotatable bonds is 26. The molecular formula is C21H44O8. The summed E-state index contributed by atoms with van der Waals surface area (Å²) in [5, 5.41) is 17.2. The number of hydrogen-bond donors (Lipinski definition) is 2. The van der Waals surface area contributed by atoms with Crippen LogP contribution in [0.5, 0.6) is 0 Å². The summed E-state index contributed by atoms with van der Waals surface area (Å²) >= 11 is 0. The van der Waals surface area contributed by atoms with Gasteiger partial charge < -0.3 is 38.6 Å². The lowest BCUT2D eigenvalue weighted by atomic mass is 10.4. The Hall–Kier alpha value is -0.320. The first kappa shape index (κ1) is 28.7. The fraction of sp³-hybridized carbons (Fsp3) is 1.00. The smallest absolute Gasteiger partial charge is 0.0488 e. The van der Waals surface area contributed by atoms with Crippen LogP contribution in [-0.4, -0.2) is 103 Å². The Morgan fingerprint density at radius 2 is 0.448 bits per heavy atom. The van der Waals surface area contributed by atoms with Gasteiger partial charge in [-0.25, -0.2) is 0 Å². The van der Waals surface area contributed by atoms with E-state index in [1.54, 1.807) is 0 Å². The number of hydrogen-bond acceptors (Lipinski definition) is 8. The Kier molecular flexibility index (Phi) is 27.4. The number of aliphatic hydroxyl groups excluding tert-OH is 2. The maximum Gasteiger partial charge on any atom is 0.0488 e. The minimum atomic E-state index is 0.183. The van der Waals surface area contributed by atoms with Gasteiger partial charge >= 0.3 is 0 Å². The van der Waals surface area contributed by atoms with E-state index in [4.69, 9.17) is 38.6 Å². The maximum atomic E-state index is 8.61. The highest BCUT2D eigenvalue weighted by Gasteiger charge is 1.95. The molecule has 0 bridgehead atoms. The Bertz CT molecular complexity index is 255. The van der Waals surface area contributed by atoms with Gasteiger partial charge in [-0.1, -0.05) is 0 Å². The summed E-state index contributed by atoms with van der Waals surface area (Å²) in [7, 11) is 0. The average Bonchev–Trinajstić information content (AvgIpc) is 2.74. The highest BCUT2D eigenvalue weighted by molar-refractivity contribution is 4.42. The topological polar surface area (TPSA) is 95.8 Å². The average molecular weight is 425 g/mol. The molecule has 0 atom stereocenters. The summed E-state index contributed by atoms with van der Waals surface area (Å²) in [6.07, 6.45) is 5.86. The summed E-state index contributed by atoms with van der Waals surface area (Å²) in [6, 6.07) is 0. The zero-order chi connectivity index (χ0) is 21.1. The molecule has 0 rings (SSSR count). The molecular weight excluding hydrogens is 380 g/mol. The Balaban J connectivity index is 2.97. The van der Waals surface area contributed by atoms with Gasteiger partial charge in [0.05, 0.1) is 0 Å². The molecule has 0 radical (unpaired) electrons. The first-order valence-electron chi connectivity index (χ1n) is 11.1. The summed E-state index contributed by atoms with van der Waals surface area (Å²) < 4.78 is 32.8. The normalized spacial score (nSPS) is 11.4. The molecule has 0 aromatic carbocycles. The van der Waals surface area contributed by atoms with Crippen molar-refractivity contribution in [2.24, 2.45) is 0 Å². The lowest BCUT2D eigenvalue weighted by Gasteiger charge is -2.07. The van der Waals surface area contributed by atoms with E-state index < -0.39 is 0 Å². The van der Waals surface area contributed by atoms with Gasteiger partial charge in [0.15, 0.2) is 0 Å². The van der Waals surface area contributed by atoms with Gasteiger partial charge in [-0.3, -0.25) is 0 Å². The van der Waals surface area contributed by atoms with Gasteiger partial charge in [-0.2, -0.15) is 0 Å². The third kappa shape index (κ3) is 27.7. The van der Waals surface area contributed by atoms with Crippen molar-refractivity contribution in [3.63, 3.8) is 0 Å². The molecule has 0 saturated carbocycles. The molecule has 0 heterocycles. The molecule has 0 aliphatic heterocycles. The molecule has 0 fully saturated rings. The molecule has 0 unspecified atom stereocenters. The zero-order valence-electron chi connectivity index (χ0n) is 18.2. The van der Waals surface area contributed by atoms with Gasteiger partial charge in [0.25, 0.3) is 0 Å². The van der Waals surface area contributed by atoms with E-state index in [1.807, 2.05) is 0 Å². The van der Waals surface area contributed by atoms with Gasteiger partial charge in [0.1, 0.15) is 0 Å². The lowest BCUT2D eigenvalue weighted by molar-refractivity contribution is 0.0449. The summed E-state index contributed by atoms with van der Waals surface area (Å²) in [4.78, 5) is 0. The molecule has 0 amide bonds. The van der Waals surface area contributed by atoms with Crippen LogP contribution >= 0.6 is 0 Å². The van der Waals surface area contributed by atoms with Crippen molar-refractivity contribution in [2.75, 3.05) is 92.5 Å². The molecule has 8 nitrogen and oxygen atoms in total. The number of aliphatic hydroxyl groups is 2. The van der Waals surface area contributed by atoms with Gasteiger partial charge in [-0.05, 0) is 44.9 Å². The highest BCUT2D eigenvalue weighted by atomic mass is 16.5. The largest absolute Gasteiger partial charge is 0.396 e. The van der Waals surface area contributed by atoms with E-state index in [-0.39, 0.29) is 13.2 Å². The van der Waals surface area contributed by atoms with E-state index in [0.29, 0.717) is 92.1 Å². The third-order valence-electron chi connectivity index (χ3n) is 3.78. The molecule has 0 aromatic rings. The molecule has 8 heteroatoms. The SMILES string of the molecule is OCCCOCCCOCCCOCCCOCCCOCCCOCCCO. The van der Waals surface area contributed by atoms with E-state index in [9.17, 15) is 0 Å². The molecule has 176 valence electrons. The first-order chi connectivity index (χ1) is 14.4. The second-order valence-corrected chi connectivity index (χ2v) is 6.60.